The number of carboxylic acid groups (broad SMARTS) is 1. The third kappa shape index (κ3) is 4.01. The number of benzene rings is 3. The van der Waals surface area contributed by atoms with E-state index in [0.717, 1.165) is 22.3 Å². The zero-order chi connectivity index (χ0) is 22.0. The number of hydrogen-bond donors (Lipinski definition) is 1. The number of halogens is 1. The van der Waals surface area contributed by atoms with Gasteiger partial charge >= 0.3 is 12.1 Å². The molecule has 4 rings (SSSR count). The maximum Gasteiger partial charge on any atom is 0.410 e. The Bertz CT molecular complexity index is 1070. The Hall–Kier alpha value is -3.31. The van der Waals surface area contributed by atoms with E-state index in [1.54, 1.807) is 31.2 Å². The van der Waals surface area contributed by atoms with Gasteiger partial charge < -0.3 is 9.84 Å². The van der Waals surface area contributed by atoms with E-state index in [1.165, 1.54) is 4.90 Å². The maximum atomic E-state index is 13.0. The predicted octanol–water partition coefficient (Wildman–Crippen LogP) is 5.74. The van der Waals surface area contributed by atoms with Gasteiger partial charge in [0.25, 0.3) is 0 Å². The second-order valence-electron chi connectivity index (χ2n) is 7.38. The standard InChI is InChI=1S/C25H22ClNO4/c1-2-27(23(24(28)29)16-11-13-17(26)14-12-16)25(30)31-15-22-20-9-5-3-7-18(20)19-8-4-6-10-21(19)22/h3-14,22-23H,2,15H2,1H3,(H,28,29). The summed E-state index contributed by atoms with van der Waals surface area (Å²) in [7, 11) is 0. The average Bonchev–Trinajstić information content (AvgIpc) is 3.10. The highest BCUT2D eigenvalue weighted by Gasteiger charge is 2.33. The second kappa shape index (κ2) is 8.82. The molecule has 0 saturated heterocycles. The Balaban J connectivity index is 1.56. The van der Waals surface area contributed by atoms with E-state index in [0.29, 0.717) is 10.6 Å². The topological polar surface area (TPSA) is 66.8 Å². The van der Waals surface area contributed by atoms with Gasteiger partial charge in [0.2, 0.25) is 0 Å². The third-order valence-corrected chi connectivity index (χ3v) is 5.89. The number of aliphatic carboxylic acids is 1. The molecule has 0 spiro atoms. The van der Waals surface area contributed by atoms with Crippen molar-refractivity contribution >= 4 is 23.7 Å². The first kappa shape index (κ1) is 20.9. The van der Waals surface area contributed by atoms with Gasteiger partial charge in [0, 0.05) is 17.5 Å². The van der Waals surface area contributed by atoms with E-state index in [2.05, 4.69) is 12.1 Å². The molecule has 1 aliphatic carbocycles. The first-order chi connectivity index (χ1) is 15.0. The van der Waals surface area contributed by atoms with Crippen molar-refractivity contribution in [1.82, 2.24) is 4.90 Å². The van der Waals surface area contributed by atoms with Crippen LogP contribution in [0.15, 0.2) is 72.8 Å². The molecule has 3 aromatic rings. The summed E-state index contributed by atoms with van der Waals surface area (Å²) in [6.07, 6.45) is -0.660. The number of fused-ring (bicyclic) bond motifs is 3. The molecule has 1 atom stereocenters. The smallest absolute Gasteiger partial charge is 0.410 e. The summed E-state index contributed by atoms with van der Waals surface area (Å²) in [5.74, 6) is -1.22. The summed E-state index contributed by atoms with van der Waals surface area (Å²) in [6, 6.07) is 21.4. The van der Waals surface area contributed by atoms with Crippen LogP contribution < -0.4 is 0 Å². The summed E-state index contributed by atoms with van der Waals surface area (Å²) in [6.45, 7) is 2.06. The Morgan fingerprint density at radius 3 is 2.03 bits per heavy atom. The van der Waals surface area contributed by atoms with Crippen LogP contribution in [0.3, 0.4) is 0 Å². The van der Waals surface area contributed by atoms with Crippen LogP contribution in [0.25, 0.3) is 11.1 Å². The number of carbonyl (C=O) groups excluding carboxylic acids is 1. The van der Waals surface area contributed by atoms with Crippen LogP contribution in [-0.4, -0.2) is 35.2 Å². The van der Waals surface area contributed by atoms with E-state index >= 15 is 0 Å². The molecule has 3 aromatic carbocycles. The lowest BCUT2D eigenvalue weighted by molar-refractivity contribution is -0.143. The second-order valence-corrected chi connectivity index (χ2v) is 7.82. The van der Waals surface area contributed by atoms with Gasteiger partial charge in [-0.3, -0.25) is 4.90 Å². The Labute approximate surface area is 185 Å². The molecule has 0 aromatic heterocycles. The van der Waals surface area contributed by atoms with Crippen LogP contribution in [0, 0.1) is 0 Å². The van der Waals surface area contributed by atoms with Gasteiger partial charge in [-0.15, -0.1) is 0 Å². The van der Waals surface area contributed by atoms with Crippen molar-refractivity contribution in [3.05, 3.63) is 94.5 Å². The fraction of sp³-hybridized carbons (Fsp3) is 0.200. The predicted molar refractivity (Wildman–Crippen MR) is 119 cm³/mol. The molecule has 1 N–H and O–H groups in total. The number of likely N-dealkylation sites (N-methyl/N-ethyl adjacent to an activating group) is 1. The monoisotopic (exact) mass is 435 g/mol. The highest BCUT2D eigenvalue weighted by atomic mass is 35.5. The molecule has 1 amide bonds. The summed E-state index contributed by atoms with van der Waals surface area (Å²) in [4.78, 5) is 26.2. The van der Waals surface area contributed by atoms with E-state index in [-0.39, 0.29) is 19.1 Å². The summed E-state index contributed by atoms with van der Waals surface area (Å²) in [5, 5.41) is 10.3. The molecule has 0 bridgehead atoms. The maximum absolute atomic E-state index is 13.0. The zero-order valence-electron chi connectivity index (χ0n) is 17.0. The average molecular weight is 436 g/mol. The molecule has 31 heavy (non-hydrogen) atoms. The third-order valence-electron chi connectivity index (χ3n) is 5.64. The van der Waals surface area contributed by atoms with Gasteiger partial charge in [0.05, 0.1) is 0 Å². The van der Waals surface area contributed by atoms with Gasteiger partial charge in [-0.2, -0.15) is 0 Å². The first-order valence-electron chi connectivity index (χ1n) is 10.1. The highest BCUT2D eigenvalue weighted by Crippen LogP contribution is 2.44. The number of amides is 1. The lowest BCUT2D eigenvalue weighted by atomic mass is 9.98. The number of carboxylic acids is 1. The fourth-order valence-corrected chi connectivity index (χ4v) is 4.32. The van der Waals surface area contributed by atoms with Crippen LogP contribution in [0.5, 0.6) is 0 Å². The highest BCUT2D eigenvalue weighted by molar-refractivity contribution is 6.30. The van der Waals surface area contributed by atoms with Crippen molar-refractivity contribution in [2.75, 3.05) is 13.2 Å². The minimum absolute atomic E-state index is 0.0890. The number of hydrogen-bond acceptors (Lipinski definition) is 3. The largest absolute Gasteiger partial charge is 0.479 e. The fourth-order valence-electron chi connectivity index (χ4n) is 4.19. The number of nitrogens with zero attached hydrogens (tertiary/aromatic N) is 1. The van der Waals surface area contributed by atoms with Gasteiger partial charge in [0.1, 0.15) is 6.61 Å². The van der Waals surface area contributed by atoms with E-state index in [1.807, 2.05) is 36.4 Å². The van der Waals surface area contributed by atoms with Crippen molar-refractivity contribution in [3.8, 4) is 11.1 Å². The molecule has 6 heteroatoms. The first-order valence-corrected chi connectivity index (χ1v) is 10.5. The number of carbonyl (C=O) groups is 2. The zero-order valence-corrected chi connectivity index (χ0v) is 17.8. The van der Waals surface area contributed by atoms with Gasteiger partial charge in [-0.05, 0) is 46.9 Å². The van der Waals surface area contributed by atoms with E-state index in [4.69, 9.17) is 16.3 Å². The minimum Gasteiger partial charge on any atom is -0.479 e. The van der Waals surface area contributed by atoms with E-state index in [9.17, 15) is 14.7 Å². The Morgan fingerprint density at radius 2 is 1.52 bits per heavy atom. The Kier molecular flexibility index (Phi) is 5.96. The molecule has 158 valence electrons. The summed E-state index contributed by atoms with van der Waals surface area (Å²) >= 11 is 5.92. The normalized spacial score (nSPS) is 13.2. The molecule has 0 radical (unpaired) electrons. The molecule has 0 aliphatic heterocycles. The van der Waals surface area contributed by atoms with Gasteiger partial charge in [-0.1, -0.05) is 72.3 Å². The molecule has 0 fully saturated rings. The molecule has 0 saturated carbocycles. The molecule has 1 aliphatic rings. The quantitative estimate of drug-likeness (QED) is 0.536. The minimum atomic E-state index is -1.15. The van der Waals surface area contributed by atoms with Crippen molar-refractivity contribution in [1.29, 1.82) is 0 Å². The lowest BCUT2D eigenvalue weighted by Gasteiger charge is -2.28. The van der Waals surface area contributed by atoms with Crippen LogP contribution >= 0.6 is 11.6 Å². The molecular formula is C25H22ClNO4. The molecule has 1 unspecified atom stereocenters. The van der Waals surface area contributed by atoms with E-state index < -0.39 is 18.1 Å². The van der Waals surface area contributed by atoms with Gasteiger partial charge in [0.15, 0.2) is 6.04 Å². The molecule has 0 heterocycles. The van der Waals surface area contributed by atoms with Crippen LogP contribution in [0.1, 0.15) is 35.6 Å². The van der Waals surface area contributed by atoms with Crippen molar-refractivity contribution < 1.29 is 19.4 Å². The SMILES string of the molecule is CCN(C(=O)OCC1c2ccccc2-c2ccccc21)C(C(=O)O)c1ccc(Cl)cc1. The number of ether oxygens (including phenoxy) is 1. The molecule has 5 nitrogen and oxygen atoms in total. The van der Waals surface area contributed by atoms with Crippen LogP contribution in [-0.2, 0) is 9.53 Å². The van der Waals surface area contributed by atoms with Crippen molar-refractivity contribution in [3.63, 3.8) is 0 Å². The van der Waals surface area contributed by atoms with Crippen molar-refractivity contribution in [2.45, 2.75) is 18.9 Å². The van der Waals surface area contributed by atoms with Gasteiger partial charge in [-0.25, -0.2) is 9.59 Å². The van der Waals surface area contributed by atoms with Crippen LogP contribution in [0.2, 0.25) is 5.02 Å². The Morgan fingerprint density at radius 1 is 0.968 bits per heavy atom. The number of rotatable bonds is 6. The summed E-state index contributed by atoms with van der Waals surface area (Å²) < 4.78 is 5.67. The van der Waals surface area contributed by atoms with Crippen LogP contribution in [0.4, 0.5) is 4.79 Å². The van der Waals surface area contributed by atoms with Crippen molar-refractivity contribution in [2.24, 2.45) is 0 Å². The lowest BCUT2D eigenvalue weighted by Crippen LogP contribution is -2.39. The summed E-state index contributed by atoms with van der Waals surface area (Å²) in [5.41, 5.74) is 4.94. The molecular weight excluding hydrogens is 414 g/mol.